The molecule has 0 N–H and O–H groups in total. The van der Waals surface area contributed by atoms with E-state index in [-0.39, 0.29) is 37.0 Å². The molecule has 1 saturated heterocycles. The van der Waals surface area contributed by atoms with Crippen molar-refractivity contribution in [2.75, 3.05) is 37.6 Å². The van der Waals surface area contributed by atoms with E-state index < -0.39 is 21.8 Å². The first-order valence-electron chi connectivity index (χ1n) is 12.3. The lowest BCUT2D eigenvalue weighted by Gasteiger charge is -2.37. The molecule has 1 aliphatic rings. The third-order valence-electron chi connectivity index (χ3n) is 6.58. The number of anilines is 1. The normalized spacial score (nSPS) is 14.7. The Bertz CT molecular complexity index is 1380. The quantitative estimate of drug-likeness (QED) is 0.426. The molecule has 202 valence electrons. The molecule has 6 nitrogen and oxygen atoms in total. The van der Waals surface area contributed by atoms with E-state index >= 15 is 0 Å². The Morgan fingerprint density at radius 3 is 2.16 bits per heavy atom. The predicted molar refractivity (Wildman–Crippen MR) is 140 cm³/mol. The number of benzene rings is 3. The van der Waals surface area contributed by atoms with Crippen LogP contribution in [0.1, 0.15) is 22.3 Å². The summed E-state index contributed by atoms with van der Waals surface area (Å²) in [5.41, 5.74) is 2.38. The van der Waals surface area contributed by atoms with Crippen molar-refractivity contribution in [2.24, 2.45) is 0 Å². The molecule has 1 heterocycles. The van der Waals surface area contributed by atoms with E-state index in [0.717, 1.165) is 28.8 Å². The van der Waals surface area contributed by atoms with Crippen LogP contribution in [0.2, 0.25) is 0 Å². The van der Waals surface area contributed by atoms with E-state index in [4.69, 9.17) is 0 Å². The number of aryl methyl sites for hydroxylation is 2. The van der Waals surface area contributed by atoms with Crippen molar-refractivity contribution in [1.82, 2.24) is 9.21 Å². The third-order valence-corrected chi connectivity index (χ3v) is 8.39. The molecule has 0 spiro atoms. The van der Waals surface area contributed by atoms with Crippen LogP contribution >= 0.6 is 0 Å². The average molecular weight is 546 g/mol. The second kappa shape index (κ2) is 11.2. The zero-order chi connectivity index (χ0) is 27.5. The Balaban J connectivity index is 1.49. The molecule has 0 atom stereocenters. The van der Waals surface area contributed by atoms with E-state index in [2.05, 4.69) is 0 Å². The SMILES string of the molecule is Cc1ccc(S(=O)(=O)N(CC(=O)N2CCN(c3cccc(C(F)(F)F)c3)CC2)Cc2cccc(C)c2)cc1. The molecule has 3 aromatic carbocycles. The number of carbonyl (C=O) groups is 1. The van der Waals surface area contributed by atoms with Crippen molar-refractivity contribution in [1.29, 1.82) is 0 Å². The van der Waals surface area contributed by atoms with Crippen LogP contribution in [-0.4, -0.2) is 56.3 Å². The number of carbonyl (C=O) groups excluding carboxylic acids is 1. The number of halogens is 3. The zero-order valence-corrected chi connectivity index (χ0v) is 22.1. The van der Waals surface area contributed by atoms with E-state index in [0.29, 0.717) is 18.8 Å². The Kier molecular flexibility index (Phi) is 8.13. The standard InChI is InChI=1S/C28H30F3N3O3S/c1-21-9-11-26(12-10-21)38(36,37)34(19-23-6-3-5-22(2)17-23)20-27(35)33-15-13-32(14-16-33)25-8-4-7-24(18-25)28(29,30)31/h3-12,17-18H,13-16,19-20H2,1-2H3. The molecule has 1 fully saturated rings. The van der Waals surface area contributed by atoms with Crippen LogP contribution < -0.4 is 4.90 Å². The Labute approximate surface area is 221 Å². The van der Waals surface area contributed by atoms with Gasteiger partial charge in [-0.05, 0) is 49.7 Å². The van der Waals surface area contributed by atoms with E-state index in [1.54, 1.807) is 28.0 Å². The number of rotatable bonds is 7. The molecule has 38 heavy (non-hydrogen) atoms. The molecule has 0 aliphatic carbocycles. The summed E-state index contributed by atoms with van der Waals surface area (Å²) >= 11 is 0. The van der Waals surface area contributed by atoms with E-state index in [1.807, 2.05) is 38.1 Å². The predicted octanol–water partition coefficient (Wildman–Crippen LogP) is 4.86. The minimum atomic E-state index is -4.43. The van der Waals surface area contributed by atoms with Gasteiger partial charge in [0.05, 0.1) is 17.0 Å². The van der Waals surface area contributed by atoms with Gasteiger partial charge in [-0.2, -0.15) is 17.5 Å². The van der Waals surface area contributed by atoms with Crippen LogP contribution in [0.5, 0.6) is 0 Å². The highest BCUT2D eigenvalue weighted by molar-refractivity contribution is 7.89. The minimum absolute atomic E-state index is 0.0355. The maximum Gasteiger partial charge on any atom is 0.416 e. The summed E-state index contributed by atoms with van der Waals surface area (Å²) in [4.78, 5) is 16.8. The van der Waals surface area contributed by atoms with Crippen LogP contribution in [-0.2, 0) is 27.5 Å². The summed E-state index contributed by atoms with van der Waals surface area (Å²) in [7, 11) is -3.97. The number of hydrogen-bond acceptors (Lipinski definition) is 4. The summed E-state index contributed by atoms with van der Waals surface area (Å²) in [5, 5.41) is 0. The molecular formula is C28H30F3N3O3S. The maximum atomic E-state index is 13.6. The van der Waals surface area contributed by atoms with Gasteiger partial charge in [-0.25, -0.2) is 8.42 Å². The number of sulfonamides is 1. The second-order valence-electron chi connectivity index (χ2n) is 9.49. The van der Waals surface area contributed by atoms with Gasteiger partial charge >= 0.3 is 6.18 Å². The Morgan fingerprint density at radius 2 is 1.53 bits per heavy atom. The monoisotopic (exact) mass is 545 g/mol. The Hall–Kier alpha value is -3.37. The summed E-state index contributed by atoms with van der Waals surface area (Å²) in [5.74, 6) is -0.350. The largest absolute Gasteiger partial charge is 0.416 e. The van der Waals surface area contributed by atoms with Crippen LogP contribution in [0.25, 0.3) is 0 Å². The lowest BCUT2D eigenvalue weighted by atomic mass is 10.1. The summed E-state index contributed by atoms with van der Waals surface area (Å²) in [6.07, 6.45) is -4.43. The lowest BCUT2D eigenvalue weighted by Crippen LogP contribution is -2.51. The fraction of sp³-hybridized carbons (Fsp3) is 0.321. The van der Waals surface area contributed by atoms with Crippen molar-refractivity contribution in [3.63, 3.8) is 0 Å². The summed E-state index contributed by atoms with van der Waals surface area (Å²) in [6.45, 7) is 4.71. The van der Waals surface area contributed by atoms with Crippen LogP contribution in [0.3, 0.4) is 0 Å². The topological polar surface area (TPSA) is 60.9 Å². The first kappa shape index (κ1) is 27.7. The first-order chi connectivity index (χ1) is 17.9. The van der Waals surface area contributed by atoms with Gasteiger partial charge in [-0.1, -0.05) is 53.6 Å². The second-order valence-corrected chi connectivity index (χ2v) is 11.4. The van der Waals surface area contributed by atoms with Crippen molar-refractivity contribution < 1.29 is 26.4 Å². The molecule has 0 aromatic heterocycles. The van der Waals surface area contributed by atoms with Gasteiger partial charge in [-0.3, -0.25) is 4.79 Å². The molecule has 4 rings (SSSR count). The zero-order valence-electron chi connectivity index (χ0n) is 21.3. The van der Waals surface area contributed by atoms with Gasteiger partial charge in [-0.15, -0.1) is 0 Å². The van der Waals surface area contributed by atoms with Crippen molar-refractivity contribution in [3.8, 4) is 0 Å². The lowest BCUT2D eigenvalue weighted by molar-refractivity contribution is -0.137. The fourth-order valence-electron chi connectivity index (χ4n) is 4.44. The molecule has 0 radical (unpaired) electrons. The molecule has 3 aromatic rings. The van der Waals surface area contributed by atoms with Gasteiger partial charge in [0, 0.05) is 38.4 Å². The minimum Gasteiger partial charge on any atom is -0.368 e. The highest BCUT2D eigenvalue weighted by Crippen LogP contribution is 2.32. The highest BCUT2D eigenvalue weighted by Gasteiger charge is 2.32. The van der Waals surface area contributed by atoms with Crippen molar-refractivity contribution in [3.05, 3.63) is 95.1 Å². The molecular weight excluding hydrogens is 515 g/mol. The molecule has 0 unspecified atom stereocenters. The number of nitrogens with zero attached hydrogens (tertiary/aromatic N) is 3. The molecule has 0 saturated carbocycles. The maximum absolute atomic E-state index is 13.6. The van der Waals surface area contributed by atoms with Crippen molar-refractivity contribution >= 4 is 21.6 Å². The van der Waals surface area contributed by atoms with Crippen molar-refractivity contribution in [2.45, 2.75) is 31.5 Å². The first-order valence-corrected chi connectivity index (χ1v) is 13.7. The summed E-state index contributed by atoms with van der Waals surface area (Å²) in [6, 6.07) is 19.1. The van der Waals surface area contributed by atoms with Gasteiger partial charge in [0.25, 0.3) is 0 Å². The van der Waals surface area contributed by atoms with Crippen LogP contribution in [0.15, 0.2) is 77.7 Å². The highest BCUT2D eigenvalue weighted by atomic mass is 32.2. The molecule has 1 amide bonds. The van der Waals surface area contributed by atoms with E-state index in [1.165, 1.54) is 22.5 Å². The molecule has 1 aliphatic heterocycles. The van der Waals surface area contributed by atoms with Gasteiger partial charge in [0.15, 0.2) is 0 Å². The van der Waals surface area contributed by atoms with Crippen LogP contribution in [0, 0.1) is 13.8 Å². The summed E-state index contributed by atoms with van der Waals surface area (Å²) < 4.78 is 67.6. The third kappa shape index (κ3) is 6.54. The van der Waals surface area contributed by atoms with Crippen LogP contribution in [0.4, 0.5) is 18.9 Å². The van der Waals surface area contributed by atoms with Gasteiger partial charge < -0.3 is 9.80 Å². The smallest absolute Gasteiger partial charge is 0.368 e. The molecule has 0 bridgehead atoms. The number of amides is 1. The average Bonchev–Trinajstić information content (AvgIpc) is 2.88. The number of hydrogen-bond donors (Lipinski definition) is 0. The molecule has 10 heteroatoms. The number of alkyl halides is 3. The van der Waals surface area contributed by atoms with Gasteiger partial charge in [0.2, 0.25) is 15.9 Å². The fourth-order valence-corrected chi connectivity index (χ4v) is 5.82. The number of piperazine rings is 1. The van der Waals surface area contributed by atoms with Gasteiger partial charge in [0.1, 0.15) is 0 Å². The van der Waals surface area contributed by atoms with E-state index in [9.17, 15) is 26.4 Å². The Morgan fingerprint density at radius 1 is 0.868 bits per heavy atom.